The van der Waals surface area contributed by atoms with Gasteiger partial charge >= 0.3 is 5.97 Å². The molecule has 2 aromatic heterocycles. The van der Waals surface area contributed by atoms with E-state index >= 15 is 0 Å². The fourth-order valence-electron chi connectivity index (χ4n) is 5.10. The Morgan fingerprint density at radius 2 is 2.00 bits per heavy atom. The molecule has 1 unspecified atom stereocenters. The van der Waals surface area contributed by atoms with E-state index in [1.165, 1.54) is 7.11 Å². The number of amides is 1. The number of aromatic nitrogens is 2. The highest BCUT2D eigenvalue weighted by Crippen LogP contribution is 2.44. The number of likely N-dealkylation sites (tertiary alicyclic amines) is 2. The summed E-state index contributed by atoms with van der Waals surface area (Å²) in [6.07, 6.45) is 5.53. The molecule has 0 aromatic carbocycles. The fraction of sp³-hybridized carbons (Fsp3) is 0.522. The van der Waals surface area contributed by atoms with Crippen LogP contribution >= 0.6 is 0 Å². The minimum absolute atomic E-state index is 0.0185. The van der Waals surface area contributed by atoms with Gasteiger partial charge in [0.1, 0.15) is 5.82 Å². The van der Waals surface area contributed by atoms with Gasteiger partial charge in [-0.2, -0.15) is 0 Å². The number of piperidine rings is 1. The number of pyridine rings is 1. The third-order valence-corrected chi connectivity index (χ3v) is 6.71. The number of nitrogens with zero attached hydrogens (tertiary/aromatic N) is 4. The van der Waals surface area contributed by atoms with Crippen LogP contribution in [0.3, 0.4) is 0 Å². The zero-order valence-electron chi connectivity index (χ0n) is 18.2. The van der Waals surface area contributed by atoms with Crippen LogP contribution in [0.15, 0.2) is 42.7 Å². The standard InChI is InChI=1S/C23H30N4O4/c1-30-15-14-27-21(28)16-19(22(29)31-2)23(27)8-12-25(13-9-23)17-18-6-5-11-26(18)20-7-3-4-10-24-20/h3-7,10-11,19H,8-9,12-17H2,1-2H3. The maximum Gasteiger partial charge on any atom is 0.311 e. The SMILES string of the molecule is COCCN1C(=O)CC(C(=O)OC)C12CCN(Cc1cccn1-c1ccccn1)CC2. The van der Waals surface area contributed by atoms with Crippen LogP contribution in [0.25, 0.3) is 5.82 Å². The minimum Gasteiger partial charge on any atom is -0.469 e. The van der Waals surface area contributed by atoms with Gasteiger partial charge in [-0.3, -0.25) is 14.5 Å². The lowest BCUT2D eigenvalue weighted by Gasteiger charge is -2.47. The molecule has 8 heteroatoms. The lowest BCUT2D eigenvalue weighted by molar-refractivity contribution is -0.150. The van der Waals surface area contributed by atoms with Gasteiger partial charge in [-0.05, 0) is 37.1 Å². The zero-order valence-corrected chi connectivity index (χ0v) is 18.2. The normalized spacial score (nSPS) is 21.0. The molecule has 1 amide bonds. The monoisotopic (exact) mass is 426 g/mol. The molecule has 8 nitrogen and oxygen atoms in total. The molecule has 166 valence electrons. The summed E-state index contributed by atoms with van der Waals surface area (Å²) in [7, 11) is 3.03. The molecular formula is C23H30N4O4. The summed E-state index contributed by atoms with van der Waals surface area (Å²) in [5, 5.41) is 0. The summed E-state index contributed by atoms with van der Waals surface area (Å²) in [6.45, 7) is 3.36. The Morgan fingerprint density at radius 1 is 1.19 bits per heavy atom. The Morgan fingerprint density at radius 3 is 2.68 bits per heavy atom. The van der Waals surface area contributed by atoms with E-state index in [1.807, 2.05) is 35.4 Å². The topological polar surface area (TPSA) is 76.9 Å². The van der Waals surface area contributed by atoms with Gasteiger partial charge in [0.25, 0.3) is 0 Å². The van der Waals surface area contributed by atoms with Gasteiger partial charge in [-0.1, -0.05) is 6.07 Å². The van der Waals surface area contributed by atoms with E-state index < -0.39 is 11.5 Å². The van der Waals surface area contributed by atoms with Crippen LogP contribution in [0.4, 0.5) is 0 Å². The first-order chi connectivity index (χ1) is 15.1. The van der Waals surface area contributed by atoms with Gasteiger partial charge in [0.2, 0.25) is 5.91 Å². The third-order valence-electron chi connectivity index (χ3n) is 6.71. The number of carbonyl (C=O) groups is 2. The van der Waals surface area contributed by atoms with Gasteiger partial charge in [0, 0.05) is 57.8 Å². The van der Waals surface area contributed by atoms with E-state index in [9.17, 15) is 9.59 Å². The Balaban J connectivity index is 1.49. The summed E-state index contributed by atoms with van der Waals surface area (Å²) in [4.78, 5) is 34.0. The number of hydrogen-bond acceptors (Lipinski definition) is 6. The molecule has 2 aliphatic heterocycles. The number of ether oxygens (including phenoxy) is 2. The van der Waals surface area contributed by atoms with Gasteiger partial charge in [-0.25, -0.2) is 4.98 Å². The van der Waals surface area contributed by atoms with Crippen LogP contribution in [-0.2, 0) is 25.6 Å². The zero-order chi connectivity index (χ0) is 21.8. The van der Waals surface area contributed by atoms with E-state index in [-0.39, 0.29) is 18.3 Å². The highest BCUT2D eigenvalue weighted by Gasteiger charge is 2.56. The van der Waals surface area contributed by atoms with Crippen molar-refractivity contribution in [2.24, 2.45) is 5.92 Å². The number of hydrogen-bond donors (Lipinski definition) is 0. The van der Waals surface area contributed by atoms with Crippen molar-refractivity contribution in [3.05, 3.63) is 48.4 Å². The van der Waals surface area contributed by atoms with Gasteiger partial charge < -0.3 is 18.9 Å². The predicted octanol–water partition coefficient (Wildman–Crippen LogP) is 1.87. The molecule has 0 radical (unpaired) electrons. The van der Waals surface area contributed by atoms with Crippen LogP contribution in [0.1, 0.15) is 25.0 Å². The number of rotatable bonds is 7. The lowest BCUT2D eigenvalue weighted by Crippen LogP contribution is -2.58. The maximum atomic E-state index is 12.8. The largest absolute Gasteiger partial charge is 0.469 e. The Bertz CT molecular complexity index is 905. The van der Waals surface area contributed by atoms with Crippen molar-refractivity contribution in [3.63, 3.8) is 0 Å². The number of methoxy groups -OCH3 is 2. The molecule has 31 heavy (non-hydrogen) atoms. The Hall–Kier alpha value is -2.71. The molecule has 0 bridgehead atoms. The highest BCUT2D eigenvalue weighted by molar-refractivity contribution is 5.89. The second-order valence-corrected chi connectivity index (χ2v) is 8.26. The highest BCUT2D eigenvalue weighted by atomic mass is 16.5. The average molecular weight is 427 g/mol. The van der Waals surface area contributed by atoms with Crippen LogP contribution in [-0.4, -0.2) is 77.2 Å². The van der Waals surface area contributed by atoms with Crippen molar-refractivity contribution in [1.82, 2.24) is 19.4 Å². The fourth-order valence-corrected chi connectivity index (χ4v) is 5.10. The third kappa shape index (κ3) is 4.09. The van der Waals surface area contributed by atoms with E-state index in [0.717, 1.165) is 44.0 Å². The molecule has 4 rings (SSSR count). The summed E-state index contributed by atoms with van der Waals surface area (Å²) >= 11 is 0. The molecule has 1 spiro atoms. The van der Waals surface area contributed by atoms with Crippen molar-refractivity contribution in [1.29, 1.82) is 0 Å². The molecule has 2 aliphatic rings. The predicted molar refractivity (Wildman–Crippen MR) is 115 cm³/mol. The molecule has 0 aliphatic carbocycles. The van der Waals surface area contributed by atoms with Crippen LogP contribution < -0.4 is 0 Å². The molecule has 1 atom stereocenters. The van der Waals surface area contributed by atoms with Gasteiger partial charge in [-0.15, -0.1) is 0 Å². The van der Waals surface area contributed by atoms with Crippen molar-refractivity contribution in [2.45, 2.75) is 31.3 Å². The van der Waals surface area contributed by atoms with Crippen LogP contribution in [0.5, 0.6) is 0 Å². The van der Waals surface area contributed by atoms with Crippen LogP contribution in [0, 0.1) is 5.92 Å². The van der Waals surface area contributed by atoms with Crippen molar-refractivity contribution >= 4 is 11.9 Å². The molecule has 0 N–H and O–H groups in total. The minimum atomic E-state index is -0.484. The Kier molecular flexibility index (Phi) is 6.38. The van der Waals surface area contributed by atoms with E-state index in [4.69, 9.17) is 9.47 Å². The van der Waals surface area contributed by atoms with Crippen molar-refractivity contribution < 1.29 is 19.1 Å². The second kappa shape index (κ2) is 9.20. The molecule has 2 aromatic rings. The first-order valence-electron chi connectivity index (χ1n) is 10.8. The molecule has 2 saturated heterocycles. The van der Waals surface area contributed by atoms with E-state index in [0.29, 0.717) is 13.2 Å². The molecule has 2 fully saturated rings. The lowest BCUT2D eigenvalue weighted by atomic mass is 9.76. The molecule has 4 heterocycles. The van der Waals surface area contributed by atoms with E-state index in [2.05, 4.69) is 20.5 Å². The van der Waals surface area contributed by atoms with Gasteiger partial charge in [0.05, 0.1) is 25.2 Å². The van der Waals surface area contributed by atoms with Gasteiger partial charge in [0.15, 0.2) is 0 Å². The van der Waals surface area contributed by atoms with Crippen LogP contribution in [0.2, 0.25) is 0 Å². The smallest absolute Gasteiger partial charge is 0.311 e. The maximum absolute atomic E-state index is 12.8. The van der Waals surface area contributed by atoms with E-state index in [1.54, 1.807) is 13.3 Å². The molecular weight excluding hydrogens is 396 g/mol. The summed E-state index contributed by atoms with van der Waals surface area (Å²) < 4.78 is 12.4. The number of esters is 1. The first-order valence-corrected chi connectivity index (χ1v) is 10.8. The second-order valence-electron chi connectivity index (χ2n) is 8.26. The van der Waals surface area contributed by atoms with Crippen molar-refractivity contribution in [2.75, 3.05) is 40.5 Å². The first kappa shape index (κ1) is 21.5. The average Bonchev–Trinajstić information content (AvgIpc) is 3.36. The quantitative estimate of drug-likeness (QED) is 0.629. The van der Waals surface area contributed by atoms with Crippen molar-refractivity contribution in [3.8, 4) is 5.82 Å². The number of carbonyl (C=O) groups excluding carboxylic acids is 2. The summed E-state index contributed by atoms with van der Waals surface area (Å²) in [6, 6.07) is 10.0. The Labute approximate surface area is 182 Å². The molecule has 0 saturated carbocycles. The summed E-state index contributed by atoms with van der Waals surface area (Å²) in [5.74, 6) is 0.214. The summed E-state index contributed by atoms with van der Waals surface area (Å²) in [5.41, 5.74) is 0.681.